The Kier molecular flexibility index (Phi) is 4.69. The van der Waals surface area contributed by atoms with E-state index in [1.54, 1.807) is 0 Å². The predicted octanol–water partition coefficient (Wildman–Crippen LogP) is 0.544. The van der Waals surface area contributed by atoms with Crippen LogP contribution in [0.1, 0.15) is 6.42 Å². The van der Waals surface area contributed by atoms with E-state index >= 15 is 0 Å². The van der Waals surface area contributed by atoms with Gasteiger partial charge >= 0.3 is 0 Å². The molecule has 2 heterocycles. The average Bonchev–Trinajstić information content (AvgIpc) is 3.04. The Bertz CT molecular complexity index is 472. The van der Waals surface area contributed by atoms with Crippen LogP contribution in [-0.2, 0) is 4.74 Å². The first-order chi connectivity index (χ1) is 10.4. The molecule has 21 heavy (non-hydrogen) atoms. The van der Waals surface area contributed by atoms with Crippen molar-refractivity contribution in [2.75, 3.05) is 39.4 Å². The van der Waals surface area contributed by atoms with Crippen LogP contribution in [0.5, 0.6) is 0 Å². The minimum atomic E-state index is 0.572. The SMILES string of the molecule is NNC(=Nc1ccccc1)N1CCC(N2CCOCC2)C1. The first kappa shape index (κ1) is 14.3. The van der Waals surface area contributed by atoms with Crippen LogP contribution < -0.4 is 11.3 Å². The van der Waals surface area contributed by atoms with Gasteiger partial charge in [-0.05, 0) is 18.6 Å². The molecule has 3 N–H and O–H groups in total. The van der Waals surface area contributed by atoms with Gasteiger partial charge in [-0.1, -0.05) is 18.2 Å². The zero-order valence-electron chi connectivity index (χ0n) is 12.2. The molecule has 1 aromatic carbocycles. The number of aliphatic imine (C=N–C) groups is 1. The molecular formula is C15H23N5O. The van der Waals surface area contributed by atoms with Crippen LogP contribution in [0.4, 0.5) is 5.69 Å². The molecule has 0 amide bonds. The maximum absolute atomic E-state index is 5.67. The zero-order valence-corrected chi connectivity index (χ0v) is 12.2. The summed E-state index contributed by atoms with van der Waals surface area (Å²) >= 11 is 0. The summed E-state index contributed by atoms with van der Waals surface area (Å²) in [6, 6.07) is 10.5. The molecule has 0 radical (unpaired) electrons. The Labute approximate surface area is 125 Å². The predicted molar refractivity (Wildman–Crippen MR) is 83.2 cm³/mol. The Balaban J connectivity index is 1.64. The van der Waals surface area contributed by atoms with Gasteiger partial charge in [0.1, 0.15) is 0 Å². The van der Waals surface area contributed by atoms with Crippen molar-refractivity contribution in [1.82, 2.24) is 15.2 Å². The van der Waals surface area contributed by atoms with E-state index < -0.39 is 0 Å². The van der Waals surface area contributed by atoms with Crippen LogP contribution in [0.15, 0.2) is 35.3 Å². The van der Waals surface area contributed by atoms with Crippen LogP contribution in [0, 0.1) is 0 Å². The van der Waals surface area contributed by atoms with Gasteiger partial charge in [-0.3, -0.25) is 10.3 Å². The van der Waals surface area contributed by atoms with Gasteiger partial charge in [-0.15, -0.1) is 0 Å². The summed E-state index contributed by atoms with van der Waals surface area (Å²) in [6.07, 6.45) is 1.15. The van der Waals surface area contributed by atoms with E-state index in [0.29, 0.717) is 6.04 Å². The number of hydrogen-bond donors (Lipinski definition) is 2. The second kappa shape index (κ2) is 6.89. The van der Waals surface area contributed by atoms with Gasteiger partial charge in [-0.25, -0.2) is 10.8 Å². The highest BCUT2D eigenvalue weighted by atomic mass is 16.5. The first-order valence-corrected chi connectivity index (χ1v) is 7.54. The highest BCUT2D eigenvalue weighted by Gasteiger charge is 2.30. The maximum atomic E-state index is 5.67. The monoisotopic (exact) mass is 289 g/mol. The molecule has 3 rings (SSSR count). The second-order valence-corrected chi connectivity index (χ2v) is 5.45. The standard InChI is InChI=1S/C15H23N5O/c16-18-15(17-13-4-2-1-3-5-13)20-7-6-14(12-20)19-8-10-21-11-9-19/h1-5,14H,6-12,16H2,(H,17,18). The normalized spacial score (nSPS) is 24.3. The third kappa shape index (κ3) is 3.53. The Morgan fingerprint density at radius 3 is 2.67 bits per heavy atom. The fourth-order valence-corrected chi connectivity index (χ4v) is 2.99. The molecule has 0 spiro atoms. The number of morpholine rings is 1. The summed E-state index contributed by atoms with van der Waals surface area (Å²) in [5.41, 5.74) is 3.67. The van der Waals surface area contributed by atoms with Crippen molar-refractivity contribution in [3.63, 3.8) is 0 Å². The molecular weight excluding hydrogens is 266 g/mol. The van der Waals surface area contributed by atoms with Crippen molar-refractivity contribution >= 4 is 11.6 Å². The minimum absolute atomic E-state index is 0.572. The summed E-state index contributed by atoms with van der Waals surface area (Å²) in [7, 11) is 0. The number of hydrazine groups is 1. The zero-order chi connectivity index (χ0) is 14.5. The number of likely N-dealkylation sites (tertiary alicyclic amines) is 1. The van der Waals surface area contributed by atoms with E-state index in [9.17, 15) is 0 Å². The van der Waals surface area contributed by atoms with Gasteiger partial charge in [0.05, 0.1) is 18.9 Å². The number of guanidine groups is 1. The van der Waals surface area contributed by atoms with Gasteiger partial charge in [0.25, 0.3) is 0 Å². The molecule has 2 aliphatic heterocycles. The van der Waals surface area contributed by atoms with Crippen molar-refractivity contribution in [3.8, 4) is 0 Å². The van der Waals surface area contributed by atoms with Gasteiger partial charge in [0.15, 0.2) is 0 Å². The quantitative estimate of drug-likeness (QED) is 0.360. The molecule has 6 heteroatoms. The third-order valence-electron chi connectivity index (χ3n) is 4.15. The Hall–Kier alpha value is -1.63. The summed E-state index contributed by atoms with van der Waals surface area (Å²) in [4.78, 5) is 9.35. The van der Waals surface area contributed by atoms with Gasteiger partial charge in [-0.2, -0.15) is 0 Å². The number of hydrogen-bond acceptors (Lipinski definition) is 4. The average molecular weight is 289 g/mol. The number of para-hydroxylation sites is 1. The van der Waals surface area contributed by atoms with E-state index in [4.69, 9.17) is 10.6 Å². The minimum Gasteiger partial charge on any atom is -0.379 e. The molecule has 0 bridgehead atoms. The second-order valence-electron chi connectivity index (χ2n) is 5.45. The lowest BCUT2D eigenvalue weighted by molar-refractivity contribution is 0.0195. The molecule has 1 unspecified atom stereocenters. The molecule has 114 valence electrons. The smallest absolute Gasteiger partial charge is 0.213 e. The maximum Gasteiger partial charge on any atom is 0.213 e. The van der Waals surface area contributed by atoms with Crippen LogP contribution >= 0.6 is 0 Å². The highest BCUT2D eigenvalue weighted by molar-refractivity contribution is 5.82. The largest absolute Gasteiger partial charge is 0.379 e. The van der Waals surface area contributed by atoms with Crippen LogP contribution in [0.2, 0.25) is 0 Å². The Morgan fingerprint density at radius 2 is 1.95 bits per heavy atom. The summed E-state index contributed by atoms with van der Waals surface area (Å²) in [5.74, 6) is 6.42. The molecule has 0 saturated carbocycles. The lowest BCUT2D eigenvalue weighted by atomic mass is 10.2. The van der Waals surface area contributed by atoms with Crippen molar-refractivity contribution in [3.05, 3.63) is 30.3 Å². The van der Waals surface area contributed by atoms with Crippen LogP contribution in [0.25, 0.3) is 0 Å². The van der Waals surface area contributed by atoms with Crippen molar-refractivity contribution in [1.29, 1.82) is 0 Å². The fourth-order valence-electron chi connectivity index (χ4n) is 2.99. The van der Waals surface area contributed by atoms with E-state index in [1.165, 1.54) is 0 Å². The van der Waals surface area contributed by atoms with Gasteiger partial charge in [0.2, 0.25) is 5.96 Å². The van der Waals surface area contributed by atoms with Gasteiger partial charge in [0, 0.05) is 32.2 Å². The molecule has 6 nitrogen and oxygen atoms in total. The fraction of sp³-hybridized carbons (Fsp3) is 0.533. The molecule has 2 fully saturated rings. The number of nitrogens with zero attached hydrogens (tertiary/aromatic N) is 3. The summed E-state index contributed by atoms with van der Waals surface area (Å²) < 4.78 is 5.42. The molecule has 2 saturated heterocycles. The number of rotatable bonds is 2. The van der Waals surface area contributed by atoms with E-state index in [-0.39, 0.29) is 0 Å². The number of nitrogens with one attached hydrogen (secondary N) is 1. The molecule has 1 aromatic rings. The molecule has 1 atom stereocenters. The third-order valence-corrected chi connectivity index (χ3v) is 4.15. The first-order valence-electron chi connectivity index (χ1n) is 7.54. The Morgan fingerprint density at radius 1 is 1.19 bits per heavy atom. The van der Waals surface area contributed by atoms with Gasteiger partial charge < -0.3 is 9.64 Å². The summed E-state index contributed by atoms with van der Waals surface area (Å²) in [5, 5.41) is 0. The topological polar surface area (TPSA) is 66.1 Å². The van der Waals surface area contributed by atoms with Crippen molar-refractivity contribution in [2.45, 2.75) is 12.5 Å². The molecule has 0 aliphatic carbocycles. The lowest BCUT2D eigenvalue weighted by Gasteiger charge is -2.32. The highest BCUT2D eigenvalue weighted by Crippen LogP contribution is 2.18. The van der Waals surface area contributed by atoms with E-state index in [1.807, 2.05) is 30.3 Å². The van der Waals surface area contributed by atoms with Crippen LogP contribution in [0.3, 0.4) is 0 Å². The lowest BCUT2D eigenvalue weighted by Crippen LogP contribution is -2.47. The number of nitrogens with two attached hydrogens (primary N) is 1. The molecule has 0 aromatic heterocycles. The van der Waals surface area contributed by atoms with E-state index in [2.05, 4.69) is 20.2 Å². The van der Waals surface area contributed by atoms with E-state index in [0.717, 1.165) is 57.5 Å². The molecule has 2 aliphatic rings. The summed E-state index contributed by atoms with van der Waals surface area (Å²) in [6.45, 7) is 5.69. The number of ether oxygens (including phenoxy) is 1. The van der Waals surface area contributed by atoms with Crippen molar-refractivity contribution in [2.24, 2.45) is 10.8 Å². The van der Waals surface area contributed by atoms with Crippen LogP contribution in [-0.4, -0.2) is 61.2 Å². The van der Waals surface area contributed by atoms with Crippen molar-refractivity contribution < 1.29 is 4.74 Å². The number of benzene rings is 1.